The maximum absolute atomic E-state index is 12.9. The van der Waals surface area contributed by atoms with Crippen LogP contribution in [0, 0.1) is 5.82 Å². The molecule has 0 aliphatic carbocycles. The van der Waals surface area contributed by atoms with Crippen molar-refractivity contribution in [2.45, 2.75) is 18.9 Å². The molecule has 0 saturated carbocycles. The second-order valence-electron chi connectivity index (χ2n) is 6.68. The van der Waals surface area contributed by atoms with E-state index in [0.29, 0.717) is 23.6 Å². The molecule has 1 heterocycles. The van der Waals surface area contributed by atoms with Crippen molar-refractivity contribution in [3.8, 4) is 0 Å². The van der Waals surface area contributed by atoms with E-state index in [1.807, 2.05) is 0 Å². The number of rotatable bonds is 6. The summed E-state index contributed by atoms with van der Waals surface area (Å²) < 4.78 is 12.9. The van der Waals surface area contributed by atoms with Gasteiger partial charge in [-0.1, -0.05) is 35.9 Å². The molecule has 146 valence electrons. The molecule has 4 amide bonds. The van der Waals surface area contributed by atoms with Crippen molar-refractivity contribution in [3.05, 3.63) is 70.5 Å². The van der Waals surface area contributed by atoms with Crippen molar-refractivity contribution in [2.24, 2.45) is 0 Å². The van der Waals surface area contributed by atoms with Gasteiger partial charge in [0.15, 0.2) is 0 Å². The quantitative estimate of drug-likeness (QED) is 0.728. The third kappa shape index (κ3) is 4.14. The maximum atomic E-state index is 12.9. The van der Waals surface area contributed by atoms with Crippen LogP contribution in [0.1, 0.15) is 18.1 Å². The molecular weight excluding hydrogens is 385 g/mol. The van der Waals surface area contributed by atoms with Gasteiger partial charge in [-0.3, -0.25) is 14.5 Å². The van der Waals surface area contributed by atoms with Gasteiger partial charge in [-0.2, -0.15) is 0 Å². The minimum absolute atomic E-state index is 0.308. The normalized spacial score (nSPS) is 18.9. The molecule has 1 saturated heterocycles. The molecule has 1 aliphatic heterocycles. The average Bonchev–Trinajstić information content (AvgIpc) is 2.88. The van der Waals surface area contributed by atoms with E-state index in [0.717, 1.165) is 10.5 Å². The van der Waals surface area contributed by atoms with Crippen LogP contribution < -0.4 is 10.6 Å². The van der Waals surface area contributed by atoms with Gasteiger partial charge in [0.2, 0.25) is 5.91 Å². The van der Waals surface area contributed by atoms with Crippen LogP contribution >= 0.6 is 11.6 Å². The van der Waals surface area contributed by atoms with Crippen LogP contribution in [-0.4, -0.2) is 35.8 Å². The molecule has 1 fully saturated rings. The summed E-state index contributed by atoms with van der Waals surface area (Å²) in [6, 6.07) is 11.9. The van der Waals surface area contributed by atoms with Gasteiger partial charge in [-0.05, 0) is 48.7 Å². The standard InChI is InChI=1S/C20H19ClFN3O3/c1-20(14-4-6-15(21)7-5-14)18(27)25(19(28)24-20)12-17(26)23-11-10-13-2-8-16(22)9-3-13/h2-9H,10-12H2,1H3,(H,23,26)(H,24,28)/t20-/m1/s1. The van der Waals surface area contributed by atoms with E-state index in [1.165, 1.54) is 12.1 Å². The van der Waals surface area contributed by atoms with Crippen LogP contribution in [0.3, 0.4) is 0 Å². The monoisotopic (exact) mass is 403 g/mol. The van der Waals surface area contributed by atoms with Gasteiger partial charge < -0.3 is 10.6 Å². The molecule has 3 rings (SSSR count). The van der Waals surface area contributed by atoms with Gasteiger partial charge in [0.05, 0.1) is 0 Å². The summed E-state index contributed by atoms with van der Waals surface area (Å²) in [5.74, 6) is -1.28. The van der Waals surface area contributed by atoms with Crippen LogP contribution in [0.5, 0.6) is 0 Å². The predicted octanol–water partition coefficient (Wildman–Crippen LogP) is 2.61. The van der Waals surface area contributed by atoms with Gasteiger partial charge in [0.1, 0.15) is 17.9 Å². The fraction of sp³-hybridized carbons (Fsp3) is 0.250. The fourth-order valence-electron chi connectivity index (χ4n) is 3.02. The van der Waals surface area contributed by atoms with E-state index in [-0.39, 0.29) is 12.4 Å². The lowest BCUT2D eigenvalue weighted by Gasteiger charge is -2.22. The number of hydrogen-bond donors (Lipinski definition) is 2. The summed E-state index contributed by atoms with van der Waals surface area (Å²) in [4.78, 5) is 38.1. The number of urea groups is 1. The second-order valence-corrected chi connectivity index (χ2v) is 7.12. The number of carbonyl (C=O) groups is 3. The Morgan fingerprint density at radius 3 is 2.43 bits per heavy atom. The number of nitrogens with zero attached hydrogens (tertiary/aromatic N) is 1. The van der Waals surface area contributed by atoms with Gasteiger partial charge >= 0.3 is 6.03 Å². The van der Waals surface area contributed by atoms with Crippen molar-refractivity contribution >= 4 is 29.4 Å². The van der Waals surface area contributed by atoms with Crippen LogP contribution in [-0.2, 0) is 21.5 Å². The van der Waals surface area contributed by atoms with Gasteiger partial charge in [0.25, 0.3) is 5.91 Å². The zero-order chi connectivity index (χ0) is 20.3. The Labute approximate surface area is 166 Å². The van der Waals surface area contributed by atoms with Crippen molar-refractivity contribution < 1.29 is 18.8 Å². The number of carbonyl (C=O) groups excluding carboxylic acids is 3. The molecule has 8 heteroatoms. The largest absolute Gasteiger partial charge is 0.354 e. The summed E-state index contributed by atoms with van der Waals surface area (Å²) in [5, 5.41) is 5.82. The molecule has 6 nitrogen and oxygen atoms in total. The Hall–Kier alpha value is -2.93. The lowest BCUT2D eigenvalue weighted by Crippen LogP contribution is -2.43. The highest BCUT2D eigenvalue weighted by atomic mass is 35.5. The van der Waals surface area contributed by atoms with Crippen molar-refractivity contribution in [3.63, 3.8) is 0 Å². The molecule has 0 spiro atoms. The summed E-state index contributed by atoms with van der Waals surface area (Å²) >= 11 is 5.87. The Bertz CT molecular complexity index is 902. The number of benzene rings is 2. The highest BCUT2D eigenvalue weighted by molar-refractivity contribution is 6.30. The molecule has 28 heavy (non-hydrogen) atoms. The lowest BCUT2D eigenvalue weighted by molar-refractivity contribution is -0.134. The number of hydrogen-bond acceptors (Lipinski definition) is 3. The first-order valence-corrected chi connectivity index (χ1v) is 9.09. The topological polar surface area (TPSA) is 78.5 Å². The summed E-state index contributed by atoms with van der Waals surface area (Å²) in [7, 11) is 0. The molecule has 2 aromatic rings. The van der Waals surface area contributed by atoms with Gasteiger partial charge in [-0.25, -0.2) is 9.18 Å². The highest BCUT2D eigenvalue weighted by Gasteiger charge is 2.49. The van der Waals surface area contributed by atoms with E-state index in [9.17, 15) is 18.8 Å². The molecule has 1 atom stereocenters. The van der Waals surface area contributed by atoms with E-state index >= 15 is 0 Å². The highest BCUT2D eigenvalue weighted by Crippen LogP contribution is 2.29. The Balaban J connectivity index is 1.58. The van der Waals surface area contributed by atoms with Crippen molar-refractivity contribution in [1.82, 2.24) is 15.5 Å². The predicted molar refractivity (Wildman–Crippen MR) is 102 cm³/mol. The molecular formula is C20H19ClFN3O3. The average molecular weight is 404 g/mol. The van der Waals surface area contributed by atoms with E-state index in [1.54, 1.807) is 43.3 Å². The third-order valence-electron chi connectivity index (χ3n) is 4.65. The Morgan fingerprint density at radius 1 is 1.14 bits per heavy atom. The summed E-state index contributed by atoms with van der Waals surface area (Å²) in [5.41, 5.74) is 0.192. The number of amides is 4. The third-order valence-corrected chi connectivity index (χ3v) is 4.90. The number of nitrogens with one attached hydrogen (secondary N) is 2. The maximum Gasteiger partial charge on any atom is 0.325 e. The van der Waals surface area contributed by atoms with E-state index < -0.39 is 23.4 Å². The Kier molecular flexibility index (Phi) is 5.65. The molecule has 0 bridgehead atoms. The van der Waals surface area contributed by atoms with Gasteiger partial charge in [-0.15, -0.1) is 0 Å². The SMILES string of the molecule is C[C@]1(c2ccc(Cl)cc2)NC(=O)N(CC(=O)NCCc2ccc(F)cc2)C1=O. The molecule has 2 aromatic carbocycles. The first-order chi connectivity index (χ1) is 13.3. The van der Waals surface area contributed by atoms with E-state index in [2.05, 4.69) is 10.6 Å². The Morgan fingerprint density at radius 2 is 1.79 bits per heavy atom. The second kappa shape index (κ2) is 7.98. The van der Waals surface area contributed by atoms with Crippen molar-refractivity contribution in [1.29, 1.82) is 0 Å². The molecule has 0 aromatic heterocycles. The smallest absolute Gasteiger partial charge is 0.325 e. The van der Waals surface area contributed by atoms with Crippen LogP contribution in [0.25, 0.3) is 0 Å². The number of imide groups is 1. The number of halogens is 2. The first kappa shape index (κ1) is 19.8. The lowest BCUT2D eigenvalue weighted by atomic mass is 9.92. The first-order valence-electron chi connectivity index (χ1n) is 8.71. The van der Waals surface area contributed by atoms with Crippen LogP contribution in [0.4, 0.5) is 9.18 Å². The zero-order valence-corrected chi connectivity index (χ0v) is 15.9. The zero-order valence-electron chi connectivity index (χ0n) is 15.2. The van der Waals surface area contributed by atoms with Crippen LogP contribution in [0.2, 0.25) is 5.02 Å². The van der Waals surface area contributed by atoms with Gasteiger partial charge in [0, 0.05) is 11.6 Å². The van der Waals surface area contributed by atoms with Crippen molar-refractivity contribution in [2.75, 3.05) is 13.1 Å². The fourth-order valence-corrected chi connectivity index (χ4v) is 3.14. The van der Waals surface area contributed by atoms with Crippen LogP contribution in [0.15, 0.2) is 48.5 Å². The summed E-state index contributed by atoms with van der Waals surface area (Å²) in [6.07, 6.45) is 0.509. The molecule has 0 radical (unpaired) electrons. The molecule has 1 aliphatic rings. The minimum atomic E-state index is -1.25. The molecule has 0 unspecified atom stereocenters. The van der Waals surface area contributed by atoms with E-state index in [4.69, 9.17) is 11.6 Å². The minimum Gasteiger partial charge on any atom is -0.354 e. The summed E-state index contributed by atoms with van der Waals surface area (Å²) in [6.45, 7) is 1.52. The molecule has 2 N–H and O–H groups in total.